The van der Waals surface area contributed by atoms with Gasteiger partial charge in [0.2, 0.25) is 0 Å². The summed E-state index contributed by atoms with van der Waals surface area (Å²) in [6.07, 6.45) is -4.92. The lowest BCUT2D eigenvalue weighted by Gasteiger charge is -2.61. The number of carbonyl (C=O) groups excluding carboxylic acids is 2. The molecule has 0 aliphatic heterocycles. The van der Waals surface area contributed by atoms with Gasteiger partial charge < -0.3 is 9.47 Å². The molecule has 9 atom stereocenters. The van der Waals surface area contributed by atoms with E-state index in [-0.39, 0.29) is 22.7 Å². The molecule has 4 saturated carbocycles. The van der Waals surface area contributed by atoms with Crippen LogP contribution in [0.2, 0.25) is 0 Å². The highest BCUT2D eigenvalue weighted by Crippen LogP contribution is 2.68. The summed E-state index contributed by atoms with van der Waals surface area (Å²) in [7, 11) is 0. The second-order valence-corrected chi connectivity index (χ2v) is 11.8. The molecule has 0 saturated heterocycles. The summed E-state index contributed by atoms with van der Waals surface area (Å²) < 4.78 is 85.8. The van der Waals surface area contributed by atoms with Crippen LogP contribution in [0, 0.1) is 40.4 Å². The Bertz CT molecular complexity index is 841. The van der Waals surface area contributed by atoms with Gasteiger partial charge in [-0.3, -0.25) is 0 Å². The van der Waals surface area contributed by atoms with Crippen LogP contribution in [0.5, 0.6) is 0 Å². The lowest BCUT2D eigenvalue weighted by molar-refractivity contribution is -0.212. The minimum atomic E-state index is -5.01. The van der Waals surface area contributed by atoms with Crippen LogP contribution in [-0.2, 0) is 19.1 Å². The molecule has 3 unspecified atom stereocenters. The highest BCUT2D eigenvalue weighted by molar-refractivity contribution is 5.76. The average molecular weight is 513 g/mol. The van der Waals surface area contributed by atoms with E-state index >= 15 is 0 Å². The van der Waals surface area contributed by atoms with Crippen molar-refractivity contribution >= 4 is 11.9 Å². The van der Waals surface area contributed by atoms with Crippen molar-refractivity contribution in [2.45, 2.75) is 103 Å². The minimum absolute atomic E-state index is 0.0577. The van der Waals surface area contributed by atoms with E-state index < -0.39 is 36.5 Å². The van der Waals surface area contributed by atoms with Gasteiger partial charge in [-0.15, -0.1) is 0 Å². The van der Waals surface area contributed by atoms with E-state index in [1.165, 1.54) is 0 Å². The predicted molar refractivity (Wildman–Crippen MR) is 113 cm³/mol. The normalized spacial score (nSPS) is 42.3. The summed E-state index contributed by atoms with van der Waals surface area (Å²) in [5.74, 6) is -3.13. The zero-order chi connectivity index (χ0) is 26.0. The Balaban J connectivity index is 1.44. The monoisotopic (exact) mass is 512 g/mol. The van der Waals surface area contributed by atoms with Crippen molar-refractivity contribution in [2.75, 3.05) is 0 Å². The van der Waals surface area contributed by atoms with Crippen LogP contribution in [-0.4, -0.2) is 36.5 Å². The van der Waals surface area contributed by atoms with Crippen molar-refractivity contribution in [3.05, 3.63) is 0 Å². The minimum Gasteiger partial charge on any atom is -0.456 e. The fourth-order valence-corrected chi connectivity index (χ4v) is 8.67. The van der Waals surface area contributed by atoms with Crippen LogP contribution in [0.25, 0.3) is 0 Å². The highest BCUT2D eigenvalue weighted by Gasteiger charge is 2.61. The SMILES string of the molecule is C[C@@H](OC(=O)C(F)(F)F)[C@H]1CCC2C3CC[C@@H]4C[C@@H](OC(=O)C(F)(F)F)CC[C@]4(C)C3CC[C@@]21C. The average Bonchev–Trinajstić information content (AvgIpc) is 3.10. The molecule has 4 aliphatic carbocycles. The fourth-order valence-electron chi connectivity index (χ4n) is 8.67. The standard InChI is InChI=1S/C25H34F6O4/c1-13(34-20(32)24(26,27)28)17-6-7-18-16-5-4-14-12-15(35-21(33)25(29,30)31)8-10-22(14,2)19(16)9-11-23(17,18)3/h13-19H,4-12H2,1-3H3/t13-,14-,15+,16?,17-,18?,19?,22+,23-/m1/s1. The first-order chi connectivity index (χ1) is 16.1. The van der Waals surface area contributed by atoms with Gasteiger partial charge >= 0.3 is 24.3 Å². The van der Waals surface area contributed by atoms with Crippen LogP contribution in [0.3, 0.4) is 0 Å². The largest absolute Gasteiger partial charge is 0.490 e. The van der Waals surface area contributed by atoms with Crippen molar-refractivity contribution in [3.63, 3.8) is 0 Å². The zero-order valence-electron chi connectivity index (χ0n) is 20.3. The lowest BCUT2D eigenvalue weighted by atomic mass is 9.44. The van der Waals surface area contributed by atoms with Gasteiger partial charge in [0.25, 0.3) is 0 Å². The molecule has 0 aromatic rings. The van der Waals surface area contributed by atoms with E-state index in [0.29, 0.717) is 43.4 Å². The van der Waals surface area contributed by atoms with E-state index in [0.717, 1.165) is 32.1 Å². The Kier molecular flexibility index (Phi) is 6.70. The quantitative estimate of drug-likeness (QED) is 0.315. The van der Waals surface area contributed by atoms with E-state index in [9.17, 15) is 35.9 Å². The number of fused-ring (bicyclic) bond motifs is 5. The number of hydrogen-bond donors (Lipinski definition) is 0. The molecule has 0 N–H and O–H groups in total. The van der Waals surface area contributed by atoms with Gasteiger partial charge in [-0.05, 0) is 99.2 Å². The smallest absolute Gasteiger partial charge is 0.456 e. The number of rotatable bonds is 3. The first-order valence-electron chi connectivity index (χ1n) is 12.6. The summed E-state index contributed by atoms with van der Waals surface area (Å²) in [6.45, 7) is 5.92. The number of halogens is 6. The van der Waals surface area contributed by atoms with Crippen molar-refractivity contribution in [2.24, 2.45) is 40.4 Å². The predicted octanol–water partition coefficient (Wildman–Crippen LogP) is 6.61. The molecule has 0 aromatic heterocycles. The molecule has 4 fully saturated rings. The molecule has 4 nitrogen and oxygen atoms in total. The summed E-state index contributed by atoms with van der Waals surface area (Å²) in [5.41, 5.74) is -0.271. The summed E-state index contributed by atoms with van der Waals surface area (Å²) >= 11 is 0. The zero-order valence-corrected chi connectivity index (χ0v) is 20.3. The molecule has 0 radical (unpaired) electrons. The maximum atomic E-state index is 12.7. The topological polar surface area (TPSA) is 52.6 Å². The molecule has 0 heterocycles. The van der Waals surface area contributed by atoms with Crippen molar-refractivity contribution in [1.82, 2.24) is 0 Å². The Morgan fingerprint density at radius 3 is 2.03 bits per heavy atom. The molecule has 10 heteroatoms. The lowest BCUT2D eigenvalue weighted by Crippen LogP contribution is -2.55. The number of carbonyl (C=O) groups is 2. The highest BCUT2D eigenvalue weighted by atomic mass is 19.4. The maximum Gasteiger partial charge on any atom is 0.490 e. The molecular formula is C25H34F6O4. The molecule has 4 rings (SSSR count). The van der Waals surface area contributed by atoms with E-state index in [1.54, 1.807) is 6.92 Å². The maximum absolute atomic E-state index is 12.7. The number of alkyl halides is 6. The summed E-state index contributed by atoms with van der Waals surface area (Å²) in [6, 6.07) is 0. The van der Waals surface area contributed by atoms with Crippen molar-refractivity contribution < 1.29 is 45.4 Å². The van der Waals surface area contributed by atoms with Gasteiger partial charge in [-0.25, -0.2) is 9.59 Å². The number of ether oxygens (including phenoxy) is 2. The van der Waals surface area contributed by atoms with Gasteiger partial charge in [0.05, 0.1) is 0 Å². The van der Waals surface area contributed by atoms with Crippen LogP contribution in [0.4, 0.5) is 26.3 Å². The third-order valence-electron chi connectivity index (χ3n) is 10.3. The Morgan fingerprint density at radius 2 is 1.40 bits per heavy atom. The second kappa shape index (κ2) is 8.82. The van der Waals surface area contributed by atoms with Gasteiger partial charge in [0.1, 0.15) is 12.2 Å². The van der Waals surface area contributed by atoms with E-state index in [2.05, 4.69) is 13.8 Å². The Morgan fingerprint density at radius 1 is 0.800 bits per heavy atom. The third-order valence-corrected chi connectivity index (χ3v) is 10.3. The molecule has 0 bridgehead atoms. The Hall–Kier alpha value is -1.48. The molecule has 0 spiro atoms. The van der Waals surface area contributed by atoms with Gasteiger partial charge in [-0.1, -0.05) is 13.8 Å². The van der Waals surface area contributed by atoms with Crippen LogP contribution >= 0.6 is 0 Å². The molecule has 4 aliphatic rings. The Labute approximate surface area is 201 Å². The molecule has 0 aromatic carbocycles. The first-order valence-corrected chi connectivity index (χ1v) is 12.6. The van der Waals surface area contributed by atoms with E-state index in [1.807, 2.05) is 0 Å². The van der Waals surface area contributed by atoms with E-state index in [4.69, 9.17) is 9.47 Å². The fraction of sp³-hybridized carbons (Fsp3) is 0.920. The summed E-state index contributed by atoms with van der Waals surface area (Å²) in [5, 5.41) is 0. The van der Waals surface area contributed by atoms with Crippen molar-refractivity contribution in [1.29, 1.82) is 0 Å². The van der Waals surface area contributed by atoms with Gasteiger partial charge in [0, 0.05) is 5.92 Å². The molecule has 0 amide bonds. The first kappa shape index (κ1) is 26.6. The van der Waals surface area contributed by atoms with Gasteiger partial charge in [-0.2, -0.15) is 26.3 Å². The third kappa shape index (κ3) is 4.67. The van der Waals surface area contributed by atoms with Crippen LogP contribution < -0.4 is 0 Å². The van der Waals surface area contributed by atoms with Crippen LogP contribution in [0.15, 0.2) is 0 Å². The van der Waals surface area contributed by atoms with Crippen LogP contribution in [0.1, 0.15) is 78.6 Å². The number of hydrogen-bond acceptors (Lipinski definition) is 4. The van der Waals surface area contributed by atoms with Gasteiger partial charge in [0.15, 0.2) is 0 Å². The number of esters is 2. The molecular weight excluding hydrogens is 478 g/mol. The summed E-state index contributed by atoms with van der Waals surface area (Å²) in [4.78, 5) is 22.8. The van der Waals surface area contributed by atoms with Crippen molar-refractivity contribution in [3.8, 4) is 0 Å². The molecule has 35 heavy (non-hydrogen) atoms. The second-order valence-electron chi connectivity index (χ2n) is 11.8. The molecule has 200 valence electrons.